The highest BCUT2D eigenvalue weighted by Gasteiger charge is 2.12. The lowest BCUT2D eigenvalue weighted by molar-refractivity contribution is -0.141. The van der Waals surface area contributed by atoms with Crippen molar-refractivity contribution in [2.24, 2.45) is 5.92 Å². The van der Waals surface area contributed by atoms with Crippen LogP contribution in [-0.4, -0.2) is 11.1 Å². The third kappa shape index (κ3) is 3.05. The van der Waals surface area contributed by atoms with Gasteiger partial charge in [-0.3, -0.25) is 4.79 Å². The monoisotopic (exact) mass is 210 g/mol. The van der Waals surface area contributed by atoms with Gasteiger partial charge < -0.3 is 5.11 Å². The Balaban J connectivity index is 2.83. The molecule has 0 amide bonds. The molecular weight excluding hydrogens is 195 g/mol. The molecule has 0 radical (unpaired) electrons. The Morgan fingerprint density at radius 1 is 1.53 bits per heavy atom. The molecule has 2 nitrogen and oxygen atoms in total. The van der Waals surface area contributed by atoms with Gasteiger partial charge in [0.05, 0.1) is 5.92 Å². The predicted octanol–water partition coefficient (Wildman–Crippen LogP) is 2.65. The number of benzene rings is 1. The van der Waals surface area contributed by atoms with Gasteiger partial charge in [0.2, 0.25) is 0 Å². The van der Waals surface area contributed by atoms with Crippen molar-refractivity contribution in [1.29, 1.82) is 0 Å². The third-order valence-corrected chi connectivity index (χ3v) is 2.45. The summed E-state index contributed by atoms with van der Waals surface area (Å²) >= 11 is 0. The summed E-state index contributed by atoms with van der Waals surface area (Å²) < 4.78 is 13.1. The first-order valence-electron chi connectivity index (χ1n) is 5.04. The van der Waals surface area contributed by atoms with Crippen molar-refractivity contribution in [1.82, 2.24) is 0 Å². The van der Waals surface area contributed by atoms with Crippen LogP contribution in [0.3, 0.4) is 0 Å². The minimum Gasteiger partial charge on any atom is -0.481 e. The molecule has 0 aliphatic heterocycles. The number of carboxylic acids is 1. The number of aryl methyl sites for hydroxylation is 1. The van der Waals surface area contributed by atoms with Crippen LogP contribution in [0.2, 0.25) is 0 Å². The number of hydrogen-bond acceptors (Lipinski definition) is 1. The Morgan fingerprint density at radius 3 is 2.73 bits per heavy atom. The molecule has 0 saturated carbocycles. The molecule has 0 spiro atoms. The lowest BCUT2D eigenvalue weighted by atomic mass is 9.99. The molecule has 0 aliphatic carbocycles. The van der Waals surface area contributed by atoms with E-state index in [0.29, 0.717) is 18.4 Å². The molecule has 82 valence electrons. The van der Waals surface area contributed by atoms with E-state index in [2.05, 4.69) is 0 Å². The van der Waals surface area contributed by atoms with Gasteiger partial charge in [-0.15, -0.1) is 0 Å². The minimum absolute atomic E-state index is 0.218. The Labute approximate surface area is 88.7 Å². The van der Waals surface area contributed by atoms with Crippen LogP contribution >= 0.6 is 0 Å². The van der Waals surface area contributed by atoms with Gasteiger partial charge in [-0.05, 0) is 30.0 Å². The Hall–Kier alpha value is -1.38. The zero-order valence-corrected chi connectivity index (χ0v) is 8.96. The first kappa shape index (κ1) is 11.7. The van der Waals surface area contributed by atoms with Crippen molar-refractivity contribution in [3.05, 3.63) is 35.1 Å². The number of hydrogen-bond donors (Lipinski definition) is 1. The van der Waals surface area contributed by atoms with Crippen LogP contribution in [0.4, 0.5) is 4.39 Å². The van der Waals surface area contributed by atoms with Gasteiger partial charge in [0.15, 0.2) is 0 Å². The van der Waals surface area contributed by atoms with Crippen LogP contribution in [0.25, 0.3) is 0 Å². The van der Waals surface area contributed by atoms with Crippen molar-refractivity contribution in [3.8, 4) is 0 Å². The summed E-state index contributed by atoms with van der Waals surface area (Å²) in [5, 5.41) is 8.75. The molecule has 3 heteroatoms. The average molecular weight is 210 g/mol. The first-order valence-corrected chi connectivity index (χ1v) is 5.04. The minimum atomic E-state index is -0.822. The molecule has 1 aromatic carbocycles. The van der Waals surface area contributed by atoms with Crippen LogP contribution in [0.5, 0.6) is 0 Å². The molecular formula is C12H15FO2. The lowest BCUT2D eigenvalue weighted by Crippen LogP contribution is -2.12. The van der Waals surface area contributed by atoms with E-state index in [-0.39, 0.29) is 5.82 Å². The Kier molecular flexibility index (Phi) is 3.83. The van der Waals surface area contributed by atoms with Gasteiger partial charge in [-0.2, -0.15) is 0 Å². The topological polar surface area (TPSA) is 37.3 Å². The smallest absolute Gasteiger partial charge is 0.306 e. The number of aliphatic carboxylic acids is 1. The zero-order valence-electron chi connectivity index (χ0n) is 8.96. The fourth-order valence-electron chi connectivity index (χ4n) is 1.47. The fourth-order valence-corrected chi connectivity index (χ4v) is 1.47. The van der Waals surface area contributed by atoms with Crippen molar-refractivity contribution >= 4 is 5.97 Å². The summed E-state index contributed by atoms with van der Waals surface area (Å²) in [6.07, 6.45) is 1.07. The van der Waals surface area contributed by atoms with E-state index in [0.717, 1.165) is 5.56 Å². The molecule has 1 atom stereocenters. The SMILES string of the molecule is CCc1cc(CC(C)C(=O)O)ccc1F. The molecule has 15 heavy (non-hydrogen) atoms. The van der Waals surface area contributed by atoms with Crippen molar-refractivity contribution < 1.29 is 14.3 Å². The lowest BCUT2D eigenvalue weighted by Gasteiger charge is -2.08. The summed E-state index contributed by atoms with van der Waals surface area (Å²) in [7, 11) is 0. The molecule has 0 aromatic heterocycles. The molecule has 1 aromatic rings. The number of carbonyl (C=O) groups is 1. The van der Waals surface area contributed by atoms with E-state index in [1.54, 1.807) is 19.1 Å². The molecule has 0 aliphatic rings. The molecule has 1 N–H and O–H groups in total. The summed E-state index contributed by atoms with van der Waals surface area (Å²) in [6, 6.07) is 4.80. The van der Waals surface area contributed by atoms with Crippen LogP contribution in [-0.2, 0) is 17.6 Å². The van der Waals surface area contributed by atoms with Gasteiger partial charge >= 0.3 is 5.97 Å². The maximum absolute atomic E-state index is 13.1. The highest BCUT2D eigenvalue weighted by molar-refractivity contribution is 5.69. The van der Waals surface area contributed by atoms with E-state index in [9.17, 15) is 9.18 Å². The van der Waals surface area contributed by atoms with E-state index in [4.69, 9.17) is 5.11 Å². The molecule has 0 heterocycles. The van der Waals surface area contributed by atoms with Crippen LogP contribution < -0.4 is 0 Å². The second-order valence-corrected chi connectivity index (χ2v) is 3.72. The quantitative estimate of drug-likeness (QED) is 0.829. The normalized spacial score (nSPS) is 12.5. The molecule has 1 rings (SSSR count). The van der Waals surface area contributed by atoms with Crippen molar-refractivity contribution in [2.75, 3.05) is 0 Å². The van der Waals surface area contributed by atoms with Gasteiger partial charge in [0.25, 0.3) is 0 Å². The van der Waals surface area contributed by atoms with E-state index in [1.165, 1.54) is 6.07 Å². The molecule has 0 saturated heterocycles. The van der Waals surface area contributed by atoms with Gasteiger partial charge in [-0.1, -0.05) is 26.0 Å². The van der Waals surface area contributed by atoms with E-state index >= 15 is 0 Å². The second kappa shape index (κ2) is 4.91. The Morgan fingerprint density at radius 2 is 2.20 bits per heavy atom. The molecule has 0 bridgehead atoms. The fraction of sp³-hybridized carbons (Fsp3) is 0.417. The van der Waals surface area contributed by atoms with Gasteiger partial charge in [0, 0.05) is 0 Å². The van der Waals surface area contributed by atoms with Gasteiger partial charge in [0.1, 0.15) is 5.82 Å². The van der Waals surface area contributed by atoms with E-state index in [1.807, 2.05) is 6.92 Å². The molecule has 1 unspecified atom stereocenters. The number of carboxylic acid groups (broad SMARTS) is 1. The summed E-state index contributed by atoms with van der Waals surface area (Å²) in [5.41, 5.74) is 1.52. The highest BCUT2D eigenvalue weighted by atomic mass is 19.1. The maximum atomic E-state index is 13.1. The summed E-state index contributed by atoms with van der Waals surface area (Å²) in [5.74, 6) is -1.47. The van der Waals surface area contributed by atoms with Crippen molar-refractivity contribution in [2.45, 2.75) is 26.7 Å². The number of halogens is 1. The van der Waals surface area contributed by atoms with E-state index < -0.39 is 11.9 Å². The average Bonchev–Trinajstić information content (AvgIpc) is 2.20. The standard InChI is InChI=1S/C12H15FO2/c1-3-10-7-9(4-5-11(10)13)6-8(2)12(14)15/h4-5,7-8H,3,6H2,1-2H3,(H,14,15). The van der Waals surface area contributed by atoms with Crippen LogP contribution in [0.1, 0.15) is 25.0 Å². The predicted molar refractivity (Wildman–Crippen MR) is 56.3 cm³/mol. The molecule has 0 fully saturated rings. The largest absolute Gasteiger partial charge is 0.481 e. The van der Waals surface area contributed by atoms with Crippen LogP contribution in [0.15, 0.2) is 18.2 Å². The summed E-state index contributed by atoms with van der Waals surface area (Å²) in [6.45, 7) is 3.53. The maximum Gasteiger partial charge on any atom is 0.306 e. The zero-order chi connectivity index (χ0) is 11.4. The van der Waals surface area contributed by atoms with Crippen molar-refractivity contribution in [3.63, 3.8) is 0 Å². The number of rotatable bonds is 4. The Bertz CT molecular complexity index is 361. The first-order chi connectivity index (χ1) is 7.04. The van der Waals surface area contributed by atoms with Crippen LogP contribution in [0, 0.1) is 11.7 Å². The van der Waals surface area contributed by atoms with Gasteiger partial charge in [-0.25, -0.2) is 4.39 Å². The summed E-state index contributed by atoms with van der Waals surface area (Å²) in [4.78, 5) is 10.7. The third-order valence-electron chi connectivity index (χ3n) is 2.45. The highest BCUT2D eigenvalue weighted by Crippen LogP contribution is 2.14. The second-order valence-electron chi connectivity index (χ2n) is 3.72.